The zero-order valence-electron chi connectivity index (χ0n) is 11.5. The van der Waals surface area contributed by atoms with Gasteiger partial charge >= 0.3 is 0 Å². The lowest BCUT2D eigenvalue weighted by molar-refractivity contribution is 0.678. The molecule has 1 aromatic heterocycles. The van der Waals surface area contributed by atoms with E-state index in [2.05, 4.69) is 27.5 Å². The molecule has 5 nitrogen and oxygen atoms in total. The Kier molecular flexibility index (Phi) is 6.04. The van der Waals surface area contributed by atoms with E-state index in [1.54, 1.807) is 12.5 Å². The number of aromatic nitrogens is 2. The van der Waals surface area contributed by atoms with Gasteiger partial charge in [-0.1, -0.05) is 0 Å². The lowest BCUT2D eigenvalue weighted by atomic mass is 10.2. The van der Waals surface area contributed by atoms with E-state index in [4.69, 9.17) is 0 Å². The predicted molar refractivity (Wildman–Crippen MR) is 77.6 cm³/mol. The van der Waals surface area contributed by atoms with Gasteiger partial charge in [0, 0.05) is 47.2 Å². The van der Waals surface area contributed by atoms with Gasteiger partial charge in [-0.15, -0.1) is 0 Å². The van der Waals surface area contributed by atoms with Crippen LogP contribution in [-0.2, 0) is 10.8 Å². The van der Waals surface area contributed by atoms with Gasteiger partial charge in [-0.25, -0.2) is 4.98 Å². The van der Waals surface area contributed by atoms with Crippen molar-refractivity contribution < 1.29 is 4.21 Å². The van der Waals surface area contributed by atoms with E-state index in [0.717, 1.165) is 24.3 Å². The van der Waals surface area contributed by atoms with E-state index >= 15 is 0 Å². The molecule has 1 aromatic rings. The Morgan fingerprint density at radius 2 is 2.22 bits per heavy atom. The van der Waals surface area contributed by atoms with E-state index < -0.39 is 10.8 Å². The zero-order valence-corrected chi connectivity index (χ0v) is 12.3. The molecule has 0 aromatic carbocycles. The summed E-state index contributed by atoms with van der Waals surface area (Å²) in [6.45, 7) is 6.85. The summed E-state index contributed by atoms with van der Waals surface area (Å²) in [6.07, 6.45) is 4.40. The molecule has 6 heteroatoms. The maximum Gasteiger partial charge on any atom is 0.224 e. The highest BCUT2D eigenvalue weighted by molar-refractivity contribution is 7.84. The van der Waals surface area contributed by atoms with Crippen LogP contribution in [0.25, 0.3) is 0 Å². The molecule has 2 N–H and O–H groups in total. The Labute approximate surface area is 111 Å². The van der Waals surface area contributed by atoms with Gasteiger partial charge in [0.05, 0.1) is 0 Å². The van der Waals surface area contributed by atoms with Gasteiger partial charge in [0.1, 0.15) is 5.82 Å². The number of rotatable bonds is 7. The van der Waals surface area contributed by atoms with Crippen molar-refractivity contribution in [1.29, 1.82) is 0 Å². The van der Waals surface area contributed by atoms with Crippen LogP contribution in [0.15, 0.2) is 6.20 Å². The van der Waals surface area contributed by atoms with Crippen molar-refractivity contribution in [1.82, 2.24) is 9.97 Å². The first-order chi connectivity index (χ1) is 8.52. The highest BCUT2D eigenvalue weighted by atomic mass is 32.2. The van der Waals surface area contributed by atoms with E-state index in [1.165, 1.54) is 0 Å². The second kappa shape index (κ2) is 7.31. The summed E-state index contributed by atoms with van der Waals surface area (Å²) in [5.74, 6) is 2.19. The van der Waals surface area contributed by atoms with Crippen LogP contribution in [0, 0.1) is 6.92 Å². The maximum atomic E-state index is 11.1. The van der Waals surface area contributed by atoms with E-state index in [0.29, 0.717) is 11.7 Å². The van der Waals surface area contributed by atoms with Gasteiger partial charge in [0.15, 0.2) is 0 Å². The van der Waals surface area contributed by atoms with Crippen molar-refractivity contribution >= 4 is 22.6 Å². The molecule has 0 fully saturated rings. The van der Waals surface area contributed by atoms with Crippen molar-refractivity contribution in [3.63, 3.8) is 0 Å². The molecule has 0 bridgehead atoms. The minimum Gasteiger partial charge on any atom is -0.367 e. The molecule has 0 saturated carbocycles. The lowest BCUT2D eigenvalue weighted by Crippen LogP contribution is -2.20. The summed E-state index contributed by atoms with van der Waals surface area (Å²) in [5.41, 5.74) is 1.01. The third kappa shape index (κ3) is 5.00. The Morgan fingerprint density at radius 1 is 1.50 bits per heavy atom. The standard InChI is InChI=1S/C12H22N4OS/c1-5-13-12-14-8-9(2)11(16-12)15-10(3)6-7-18(4)17/h8,10H,5-7H2,1-4H3,(H2,13,14,15,16). The van der Waals surface area contributed by atoms with Gasteiger partial charge in [-0.3, -0.25) is 4.21 Å². The molecule has 0 aliphatic carbocycles. The third-order valence-electron chi connectivity index (χ3n) is 2.53. The van der Waals surface area contributed by atoms with E-state index in [9.17, 15) is 4.21 Å². The van der Waals surface area contributed by atoms with Crippen LogP contribution >= 0.6 is 0 Å². The molecule has 0 aliphatic rings. The van der Waals surface area contributed by atoms with E-state index in [1.807, 2.05) is 13.8 Å². The fourth-order valence-electron chi connectivity index (χ4n) is 1.48. The fourth-order valence-corrected chi connectivity index (χ4v) is 2.17. The van der Waals surface area contributed by atoms with Crippen LogP contribution < -0.4 is 10.6 Å². The quantitative estimate of drug-likeness (QED) is 0.790. The van der Waals surface area contributed by atoms with Crippen LogP contribution in [0.2, 0.25) is 0 Å². The zero-order chi connectivity index (χ0) is 13.5. The Hall–Kier alpha value is -1.17. The topological polar surface area (TPSA) is 66.9 Å². The van der Waals surface area contributed by atoms with Gasteiger partial charge in [-0.05, 0) is 27.2 Å². The smallest absolute Gasteiger partial charge is 0.224 e. The molecule has 1 rings (SSSR count). The third-order valence-corrected chi connectivity index (χ3v) is 3.34. The molecular weight excluding hydrogens is 248 g/mol. The van der Waals surface area contributed by atoms with Crippen LogP contribution in [-0.4, -0.2) is 38.8 Å². The van der Waals surface area contributed by atoms with Crippen molar-refractivity contribution in [2.45, 2.75) is 33.2 Å². The Morgan fingerprint density at radius 3 is 2.83 bits per heavy atom. The summed E-state index contributed by atoms with van der Waals surface area (Å²) in [6, 6.07) is 0.247. The summed E-state index contributed by atoms with van der Waals surface area (Å²) in [5, 5.41) is 6.43. The van der Waals surface area contributed by atoms with Gasteiger partial charge < -0.3 is 10.6 Å². The molecule has 1 heterocycles. The van der Waals surface area contributed by atoms with Crippen LogP contribution in [0.3, 0.4) is 0 Å². The van der Waals surface area contributed by atoms with Crippen molar-refractivity contribution in [3.8, 4) is 0 Å². The molecule has 0 radical (unpaired) electrons. The average molecular weight is 270 g/mol. The molecular formula is C12H22N4OS. The first-order valence-electron chi connectivity index (χ1n) is 6.17. The van der Waals surface area contributed by atoms with Crippen molar-refractivity contribution in [3.05, 3.63) is 11.8 Å². The summed E-state index contributed by atoms with van der Waals surface area (Å²) < 4.78 is 11.1. The van der Waals surface area contributed by atoms with Crippen molar-refractivity contribution in [2.24, 2.45) is 0 Å². The van der Waals surface area contributed by atoms with Gasteiger partial charge in [-0.2, -0.15) is 4.98 Å². The van der Waals surface area contributed by atoms with Gasteiger partial charge in [0.25, 0.3) is 0 Å². The first-order valence-corrected chi connectivity index (χ1v) is 7.89. The number of anilines is 2. The first kappa shape index (κ1) is 14.9. The molecule has 0 aliphatic heterocycles. The minimum absolute atomic E-state index is 0.247. The Bertz CT molecular complexity index is 411. The van der Waals surface area contributed by atoms with Crippen molar-refractivity contribution in [2.75, 3.05) is 29.2 Å². The SMILES string of the molecule is CCNc1ncc(C)c(NC(C)CCS(C)=O)n1. The molecule has 2 atom stereocenters. The summed E-state index contributed by atoms with van der Waals surface area (Å²) in [4.78, 5) is 8.62. The van der Waals surface area contributed by atoms with Crippen LogP contribution in [0.4, 0.5) is 11.8 Å². The Balaban J connectivity index is 2.64. The lowest BCUT2D eigenvalue weighted by Gasteiger charge is -2.16. The molecule has 0 amide bonds. The molecule has 102 valence electrons. The second-order valence-corrected chi connectivity index (χ2v) is 5.92. The molecule has 2 unspecified atom stereocenters. The number of hydrogen-bond donors (Lipinski definition) is 2. The largest absolute Gasteiger partial charge is 0.367 e. The molecule has 0 saturated heterocycles. The molecule has 18 heavy (non-hydrogen) atoms. The number of nitrogens with one attached hydrogen (secondary N) is 2. The minimum atomic E-state index is -0.742. The van der Waals surface area contributed by atoms with Crippen LogP contribution in [0.1, 0.15) is 25.8 Å². The molecule has 0 spiro atoms. The highest BCUT2D eigenvalue weighted by Crippen LogP contribution is 2.14. The summed E-state index contributed by atoms with van der Waals surface area (Å²) in [7, 11) is -0.742. The average Bonchev–Trinajstić information content (AvgIpc) is 2.31. The van der Waals surface area contributed by atoms with Gasteiger partial charge in [0.2, 0.25) is 5.95 Å². The monoisotopic (exact) mass is 270 g/mol. The maximum absolute atomic E-state index is 11.1. The summed E-state index contributed by atoms with van der Waals surface area (Å²) >= 11 is 0. The normalized spacial score (nSPS) is 14.0. The predicted octanol–water partition coefficient (Wildman–Crippen LogP) is 1.79. The van der Waals surface area contributed by atoms with E-state index in [-0.39, 0.29) is 6.04 Å². The van der Waals surface area contributed by atoms with Crippen LogP contribution in [0.5, 0.6) is 0 Å². The fraction of sp³-hybridized carbons (Fsp3) is 0.667. The number of nitrogens with zero attached hydrogens (tertiary/aromatic N) is 2. The second-order valence-electron chi connectivity index (χ2n) is 4.37. The number of aryl methyl sites for hydroxylation is 1. The number of hydrogen-bond acceptors (Lipinski definition) is 5. The highest BCUT2D eigenvalue weighted by Gasteiger charge is 2.08.